The first kappa shape index (κ1) is 18.4. The van der Waals surface area contributed by atoms with Crippen molar-refractivity contribution in [2.45, 2.75) is 44.1 Å². The molecule has 9 nitrogen and oxygen atoms in total. The quantitative estimate of drug-likeness (QED) is 0.619. The molecule has 3 N–H and O–H groups in total. The van der Waals surface area contributed by atoms with Crippen molar-refractivity contribution >= 4 is 28.6 Å². The van der Waals surface area contributed by atoms with E-state index in [1.165, 1.54) is 7.11 Å². The zero-order valence-corrected chi connectivity index (χ0v) is 16.2. The zero-order chi connectivity index (χ0) is 19.9. The van der Waals surface area contributed by atoms with E-state index in [4.69, 9.17) is 14.7 Å². The number of hydrogen-bond acceptors (Lipinski definition) is 6. The lowest BCUT2D eigenvalue weighted by Gasteiger charge is -2.35. The lowest BCUT2D eigenvalue weighted by atomic mass is 9.78. The van der Waals surface area contributed by atoms with Crippen molar-refractivity contribution in [1.29, 1.82) is 0 Å². The van der Waals surface area contributed by atoms with Gasteiger partial charge in [-0.2, -0.15) is 5.10 Å². The van der Waals surface area contributed by atoms with Crippen molar-refractivity contribution in [3.63, 3.8) is 0 Å². The second-order valence-electron chi connectivity index (χ2n) is 7.43. The molecule has 1 aliphatic rings. The van der Waals surface area contributed by atoms with Crippen LogP contribution in [0, 0.1) is 6.92 Å². The van der Waals surface area contributed by atoms with Crippen LogP contribution in [0.1, 0.15) is 43.1 Å². The monoisotopic (exact) mass is 384 g/mol. The highest BCUT2D eigenvalue weighted by Crippen LogP contribution is 2.40. The van der Waals surface area contributed by atoms with Gasteiger partial charge in [0, 0.05) is 38.0 Å². The molecule has 0 atom stereocenters. The molecule has 3 aromatic heterocycles. The summed E-state index contributed by atoms with van der Waals surface area (Å²) < 4.78 is 7.30. The van der Waals surface area contributed by atoms with Gasteiger partial charge in [0.15, 0.2) is 11.4 Å². The van der Waals surface area contributed by atoms with Crippen molar-refractivity contribution < 1.29 is 14.6 Å². The maximum atomic E-state index is 11.6. The molecule has 0 amide bonds. The molecule has 28 heavy (non-hydrogen) atoms. The highest BCUT2D eigenvalue weighted by atomic mass is 16.5. The van der Waals surface area contributed by atoms with Crippen LogP contribution in [0.4, 0.5) is 11.6 Å². The predicted molar refractivity (Wildman–Crippen MR) is 104 cm³/mol. The molecule has 0 saturated heterocycles. The number of methoxy groups -OCH3 is 1. The lowest BCUT2D eigenvalue weighted by molar-refractivity contribution is -0.166. The molecule has 0 radical (unpaired) electrons. The van der Waals surface area contributed by atoms with Gasteiger partial charge in [-0.1, -0.05) is 0 Å². The molecule has 3 heterocycles. The van der Waals surface area contributed by atoms with Gasteiger partial charge in [0.2, 0.25) is 0 Å². The SMILES string of the molecule is COC1(C(=O)O)CCC(c2nc(Nc3cc(C)[nH]n3)c3ccn(C)c3n2)CC1. The predicted octanol–water partition coefficient (Wildman–Crippen LogP) is 2.87. The van der Waals surface area contributed by atoms with E-state index in [1.54, 1.807) is 0 Å². The van der Waals surface area contributed by atoms with Crippen LogP contribution in [0.25, 0.3) is 11.0 Å². The smallest absolute Gasteiger partial charge is 0.335 e. The van der Waals surface area contributed by atoms with Crippen LogP contribution >= 0.6 is 0 Å². The van der Waals surface area contributed by atoms with Gasteiger partial charge in [0.25, 0.3) is 0 Å². The average Bonchev–Trinajstić information content (AvgIpc) is 3.27. The topological polar surface area (TPSA) is 118 Å². The molecule has 1 aliphatic carbocycles. The summed E-state index contributed by atoms with van der Waals surface area (Å²) in [5.41, 5.74) is 0.693. The average molecular weight is 384 g/mol. The Hall–Kier alpha value is -2.94. The van der Waals surface area contributed by atoms with Gasteiger partial charge in [-0.3, -0.25) is 5.10 Å². The largest absolute Gasteiger partial charge is 0.479 e. The summed E-state index contributed by atoms with van der Waals surface area (Å²) in [5, 5.41) is 20.9. The fourth-order valence-corrected chi connectivity index (χ4v) is 3.88. The maximum Gasteiger partial charge on any atom is 0.335 e. The number of aromatic nitrogens is 5. The third-order valence-corrected chi connectivity index (χ3v) is 5.63. The van der Waals surface area contributed by atoms with Crippen LogP contribution in [-0.2, 0) is 16.6 Å². The van der Waals surface area contributed by atoms with Gasteiger partial charge >= 0.3 is 5.97 Å². The Balaban J connectivity index is 1.66. The summed E-state index contributed by atoms with van der Waals surface area (Å²) in [7, 11) is 3.41. The van der Waals surface area contributed by atoms with Crippen LogP contribution in [0.15, 0.2) is 18.3 Å². The second kappa shape index (κ2) is 6.90. The summed E-state index contributed by atoms with van der Waals surface area (Å²) >= 11 is 0. The van der Waals surface area contributed by atoms with Gasteiger partial charge < -0.3 is 19.7 Å². The number of H-pyrrole nitrogens is 1. The third kappa shape index (κ3) is 3.11. The van der Waals surface area contributed by atoms with Crippen molar-refractivity contribution in [1.82, 2.24) is 24.7 Å². The minimum atomic E-state index is -1.10. The molecule has 4 rings (SSSR count). The number of carbonyl (C=O) groups is 1. The number of aliphatic carboxylic acids is 1. The van der Waals surface area contributed by atoms with Crippen molar-refractivity contribution in [2.24, 2.45) is 7.05 Å². The van der Waals surface area contributed by atoms with E-state index in [1.807, 2.05) is 36.9 Å². The van der Waals surface area contributed by atoms with E-state index in [9.17, 15) is 9.90 Å². The Morgan fingerprint density at radius 1 is 1.39 bits per heavy atom. The molecular weight excluding hydrogens is 360 g/mol. The molecule has 3 aromatic rings. The van der Waals surface area contributed by atoms with Crippen LogP contribution in [0.3, 0.4) is 0 Å². The molecule has 0 aromatic carbocycles. The minimum Gasteiger partial charge on any atom is -0.479 e. The van der Waals surface area contributed by atoms with Gasteiger partial charge in [0.1, 0.15) is 17.3 Å². The fourth-order valence-electron chi connectivity index (χ4n) is 3.88. The van der Waals surface area contributed by atoms with Crippen molar-refractivity contribution in [2.75, 3.05) is 12.4 Å². The summed E-state index contributed by atoms with van der Waals surface area (Å²) in [6, 6.07) is 3.89. The molecule has 9 heteroatoms. The number of fused-ring (bicyclic) bond motifs is 1. The van der Waals surface area contributed by atoms with Crippen molar-refractivity contribution in [3.05, 3.63) is 29.8 Å². The van der Waals surface area contributed by atoms with Crippen LogP contribution in [0.2, 0.25) is 0 Å². The first-order valence-electron chi connectivity index (χ1n) is 9.32. The standard InChI is InChI=1S/C19H24N6O3/c1-11-10-14(24-23-11)20-16-13-6-9-25(2)17(13)22-15(21-16)12-4-7-19(28-3,8-5-12)18(26)27/h6,9-10,12H,4-5,7-8H2,1-3H3,(H,26,27)(H2,20,21,22,23,24). The number of hydrogen-bond donors (Lipinski definition) is 3. The zero-order valence-electron chi connectivity index (χ0n) is 16.2. The van der Waals surface area contributed by atoms with Crippen LogP contribution in [-0.4, -0.2) is 48.5 Å². The normalized spacial score (nSPS) is 22.5. The Kier molecular flexibility index (Phi) is 4.54. The number of aryl methyl sites for hydroxylation is 2. The number of nitrogens with one attached hydrogen (secondary N) is 2. The number of ether oxygens (including phenoxy) is 1. The number of aromatic amines is 1. The summed E-state index contributed by atoms with van der Waals surface area (Å²) in [6.07, 6.45) is 4.16. The van der Waals surface area contributed by atoms with Gasteiger partial charge in [-0.15, -0.1) is 0 Å². The molecule has 1 fully saturated rings. The van der Waals surface area contributed by atoms with Gasteiger partial charge in [0.05, 0.1) is 5.39 Å². The van der Waals surface area contributed by atoms with E-state index in [0.29, 0.717) is 37.3 Å². The van der Waals surface area contributed by atoms with E-state index >= 15 is 0 Å². The fraction of sp³-hybridized carbons (Fsp3) is 0.474. The van der Waals surface area contributed by atoms with E-state index in [-0.39, 0.29) is 5.92 Å². The summed E-state index contributed by atoms with van der Waals surface area (Å²) in [6.45, 7) is 1.94. The van der Waals surface area contributed by atoms with Gasteiger partial charge in [-0.05, 0) is 38.7 Å². The maximum absolute atomic E-state index is 11.6. The first-order valence-corrected chi connectivity index (χ1v) is 9.32. The first-order chi connectivity index (χ1) is 13.4. The second-order valence-corrected chi connectivity index (χ2v) is 7.43. The van der Waals surface area contributed by atoms with Crippen LogP contribution < -0.4 is 5.32 Å². The molecule has 0 aliphatic heterocycles. The Morgan fingerprint density at radius 2 is 2.14 bits per heavy atom. The Morgan fingerprint density at radius 3 is 2.75 bits per heavy atom. The van der Waals surface area contributed by atoms with E-state index in [0.717, 1.165) is 22.6 Å². The van der Waals surface area contributed by atoms with E-state index in [2.05, 4.69) is 15.5 Å². The number of anilines is 2. The van der Waals surface area contributed by atoms with Crippen molar-refractivity contribution in [3.8, 4) is 0 Å². The Labute approximate surface area is 162 Å². The molecule has 0 spiro atoms. The van der Waals surface area contributed by atoms with E-state index < -0.39 is 11.6 Å². The number of nitrogens with zero attached hydrogens (tertiary/aromatic N) is 4. The number of carboxylic acid groups (broad SMARTS) is 1. The minimum absolute atomic E-state index is 0.0865. The summed E-state index contributed by atoms with van der Waals surface area (Å²) in [5.74, 6) is 1.31. The molecule has 0 unspecified atom stereocenters. The number of carboxylic acids is 1. The van der Waals surface area contributed by atoms with Gasteiger partial charge in [-0.25, -0.2) is 14.8 Å². The molecule has 148 valence electrons. The highest BCUT2D eigenvalue weighted by Gasteiger charge is 2.43. The Bertz CT molecular complexity index is 1020. The van der Waals surface area contributed by atoms with Crippen LogP contribution in [0.5, 0.6) is 0 Å². The highest BCUT2D eigenvalue weighted by molar-refractivity contribution is 5.89. The summed E-state index contributed by atoms with van der Waals surface area (Å²) in [4.78, 5) is 21.2. The number of rotatable bonds is 5. The molecular formula is C19H24N6O3. The lowest BCUT2D eigenvalue weighted by Crippen LogP contribution is -2.43. The third-order valence-electron chi connectivity index (χ3n) is 5.63. The molecule has 1 saturated carbocycles. The molecule has 0 bridgehead atoms.